The lowest BCUT2D eigenvalue weighted by atomic mass is 10.1. The Morgan fingerprint density at radius 2 is 2.26 bits per heavy atom. The summed E-state index contributed by atoms with van der Waals surface area (Å²) in [6.45, 7) is 4.08. The highest BCUT2D eigenvalue weighted by Gasteiger charge is 2.16. The number of thiocarbonyl (C=S) groups is 1. The second-order valence-corrected chi connectivity index (χ2v) is 5.47. The molecule has 100 valence electrons. The highest BCUT2D eigenvalue weighted by molar-refractivity contribution is 7.80. The third-order valence-corrected chi connectivity index (χ3v) is 4.02. The lowest BCUT2D eigenvalue weighted by molar-refractivity contribution is 0.0531. The Bertz CT molecular complexity index is 649. The maximum Gasteiger partial charge on any atom is 0.348 e. The first-order chi connectivity index (χ1) is 9.02. The van der Waals surface area contributed by atoms with E-state index in [9.17, 15) is 4.79 Å². The summed E-state index contributed by atoms with van der Waals surface area (Å²) in [6.07, 6.45) is 0. The summed E-state index contributed by atoms with van der Waals surface area (Å²) in [4.78, 5) is 12.5. The van der Waals surface area contributed by atoms with Crippen molar-refractivity contribution in [3.8, 4) is 0 Å². The van der Waals surface area contributed by atoms with Gasteiger partial charge < -0.3 is 15.8 Å². The van der Waals surface area contributed by atoms with E-state index in [1.54, 1.807) is 6.92 Å². The Morgan fingerprint density at radius 1 is 1.53 bits per heavy atom. The first-order valence-electron chi connectivity index (χ1n) is 5.79. The highest BCUT2D eigenvalue weighted by atomic mass is 32.1. The first-order valence-corrected chi connectivity index (χ1v) is 7.02. The number of nitrogens with one attached hydrogen (secondary N) is 1. The van der Waals surface area contributed by atoms with Crippen LogP contribution in [-0.4, -0.2) is 17.7 Å². The van der Waals surface area contributed by atoms with Gasteiger partial charge in [0.05, 0.1) is 6.61 Å². The maximum atomic E-state index is 11.8. The zero-order valence-electron chi connectivity index (χ0n) is 10.6. The number of anilines is 1. The minimum atomic E-state index is -0.273. The van der Waals surface area contributed by atoms with E-state index >= 15 is 0 Å². The molecule has 0 spiro atoms. The molecular weight excluding hydrogens is 280 g/mol. The molecule has 2 rings (SSSR count). The average molecular weight is 294 g/mol. The molecule has 2 aromatic rings. The van der Waals surface area contributed by atoms with E-state index < -0.39 is 0 Å². The molecule has 0 fully saturated rings. The molecule has 0 saturated carbocycles. The highest BCUT2D eigenvalue weighted by Crippen LogP contribution is 2.33. The summed E-state index contributed by atoms with van der Waals surface area (Å²) in [6, 6.07) is 5.76. The minimum Gasteiger partial charge on any atom is -0.462 e. The molecule has 0 aliphatic heterocycles. The fraction of sp³-hybridized carbons (Fsp3) is 0.231. The molecule has 0 bridgehead atoms. The van der Waals surface area contributed by atoms with Crippen molar-refractivity contribution >= 4 is 50.4 Å². The molecule has 0 radical (unpaired) electrons. The number of carbonyl (C=O) groups excluding carboxylic acids is 1. The second kappa shape index (κ2) is 5.54. The van der Waals surface area contributed by atoms with Crippen LogP contribution in [0.2, 0.25) is 0 Å². The van der Waals surface area contributed by atoms with Crippen molar-refractivity contribution in [3.63, 3.8) is 0 Å². The largest absolute Gasteiger partial charge is 0.462 e. The normalized spacial score (nSPS) is 10.4. The van der Waals surface area contributed by atoms with Crippen LogP contribution in [0.15, 0.2) is 18.2 Å². The number of ether oxygens (including phenoxy) is 1. The van der Waals surface area contributed by atoms with Gasteiger partial charge in [0.25, 0.3) is 0 Å². The Morgan fingerprint density at radius 3 is 2.89 bits per heavy atom. The van der Waals surface area contributed by atoms with Crippen LogP contribution in [-0.2, 0) is 4.74 Å². The lowest BCUT2D eigenvalue weighted by Crippen LogP contribution is -2.18. The van der Waals surface area contributed by atoms with E-state index in [1.165, 1.54) is 11.3 Å². The molecule has 0 aliphatic carbocycles. The number of esters is 1. The standard InChI is InChI=1S/C13H14N2O2S2/c1-3-17-12(16)11-7(2)9-6-8(15-13(14)18)4-5-10(9)19-11/h4-6H,3H2,1-2H3,(H3,14,15,18). The molecule has 6 heteroatoms. The van der Waals surface area contributed by atoms with E-state index in [4.69, 9.17) is 22.7 Å². The second-order valence-electron chi connectivity index (χ2n) is 3.98. The lowest BCUT2D eigenvalue weighted by Gasteiger charge is -2.03. The fourth-order valence-electron chi connectivity index (χ4n) is 1.83. The third-order valence-electron chi connectivity index (χ3n) is 2.66. The van der Waals surface area contributed by atoms with Crippen molar-refractivity contribution in [1.29, 1.82) is 0 Å². The van der Waals surface area contributed by atoms with Crippen molar-refractivity contribution in [1.82, 2.24) is 0 Å². The number of nitrogens with two attached hydrogens (primary N) is 1. The van der Waals surface area contributed by atoms with Gasteiger partial charge in [0.1, 0.15) is 4.88 Å². The van der Waals surface area contributed by atoms with Gasteiger partial charge >= 0.3 is 5.97 Å². The number of aryl methyl sites for hydroxylation is 1. The predicted molar refractivity (Wildman–Crippen MR) is 82.9 cm³/mol. The Labute approximate surface area is 120 Å². The van der Waals surface area contributed by atoms with Gasteiger partial charge in [0.15, 0.2) is 5.11 Å². The van der Waals surface area contributed by atoms with Crippen molar-refractivity contribution in [2.45, 2.75) is 13.8 Å². The molecule has 0 amide bonds. The molecule has 0 aliphatic rings. The van der Waals surface area contributed by atoms with Gasteiger partial charge in [-0.05, 0) is 55.2 Å². The van der Waals surface area contributed by atoms with Gasteiger partial charge in [-0.3, -0.25) is 0 Å². The average Bonchev–Trinajstić information content (AvgIpc) is 2.67. The van der Waals surface area contributed by atoms with Gasteiger partial charge in [-0.25, -0.2) is 4.79 Å². The van der Waals surface area contributed by atoms with Crippen LogP contribution in [0.5, 0.6) is 0 Å². The molecule has 19 heavy (non-hydrogen) atoms. The Balaban J connectivity index is 2.46. The van der Waals surface area contributed by atoms with Crippen molar-refractivity contribution in [3.05, 3.63) is 28.6 Å². The predicted octanol–water partition coefficient (Wildman–Crippen LogP) is 3.04. The summed E-state index contributed by atoms with van der Waals surface area (Å²) in [7, 11) is 0. The van der Waals surface area contributed by atoms with Crippen LogP contribution in [0.3, 0.4) is 0 Å². The molecule has 0 unspecified atom stereocenters. The third kappa shape index (κ3) is 2.85. The fourth-order valence-corrected chi connectivity index (χ4v) is 3.03. The molecule has 1 heterocycles. The van der Waals surface area contributed by atoms with Gasteiger partial charge in [-0.15, -0.1) is 11.3 Å². The molecule has 1 aromatic carbocycles. The number of hydrogen-bond acceptors (Lipinski definition) is 4. The van der Waals surface area contributed by atoms with E-state index in [-0.39, 0.29) is 11.1 Å². The number of benzene rings is 1. The topological polar surface area (TPSA) is 64.3 Å². The van der Waals surface area contributed by atoms with Gasteiger partial charge in [-0.2, -0.15) is 0 Å². The van der Waals surface area contributed by atoms with Crippen LogP contribution in [0, 0.1) is 6.92 Å². The van der Waals surface area contributed by atoms with Crippen LogP contribution in [0.25, 0.3) is 10.1 Å². The summed E-state index contributed by atoms with van der Waals surface area (Å²) >= 11 is 6.24. The quantitative estimate of drug-likeness (QED) is 0.673. The van der Waals surface area contributed by atoms with Crippen LogP contribution in [0.1, 0.15) is 22.2 Å². The van der Waals surface area contributed by atoms with Gasteiger partial charge in [-0.1, -0.05) is 0 Å². The first kappa shape index (κ1) is 13.8. The van der Waals surface area contributed by atoms with Gasteiger partial charge in [0, 0.05) is 10.4 Å². The summed E-state index contributed by atoms with van der Waals surface area (Å²) < 4.78 is 6.08. The Hall–Kier alpha value is -1.66. The van der Waals surface area contributed by atoms with Crippen LogP contribution >= 0.6 is 23.6 Å². The molecule has 0 saturated heterocycles. The molecule has 4 nitrogen and oxygen atoms in total. The van der Waals surface area contributed by atoms with E-state index in [0.717, 1.165) is 21.3 Å². The summed E-state index contributed by atoms with van der Waals surface area (Å²) in [5.41, 5.74) is 7.19. The minimum absolute atomic E-state index is 0.220. The van der Waals surface area contributed by atoms with Crippen molar-refractivity contribution < 1.29 is 9.53 Å². The summed E-state index contributed by atoms with van der Waals surface area (Å²) in [5.74, 6) is -0.273. The SMILES string of the molecule is CCOC(=O)c1sc2ccc(NC(N)=S)cc2c1C. The molecule has 0 atom stereocenters. The smallest absolute Gasteiger partial charge is 0.348 e. The van der Waals surface area contributed by atoms with E-state index in [2.05, 4.69) is 5.32 Å². The number of carbonyl (C=O) groups is 1. The molecule has 3 N–H and O–H groups in total. The monoisotopic (exact) mass is 294 g/mol. The maximum absolute atomic E-state index is 11.8. The number of thiophene rings is 1. The van der Waals surface area contributed by atoms with E-state index in [0.29, 0.717) is 11.5 Å². The number of fused-ring (bicyclic) bond motifs is 1. The van der Waals surface area contributed by atoms with Gasteiger partial charge in [0.2, 0.25) is 0 Å². The zero-order chi connectivity index (χ0) is 14.0. The molecular formula is C13H14N2O2S2. The van der Waals surface area contributed by atoms with Crippen LogP contribution < -0.4 is 11.1 Å². The summed E-state index contributed by atoms with van der Waals surface area (Å²) in [5, 5.41) is 4.11. The molecule has 1 aromatic heterocycles. The van der Waals surface area contributed by atoms with Crippen LogP contribution in [0.4, 0.5) is 5.69 Å². The van der Waals surface area contributed by atoms with Crippen molar-refractivity contribution in [2.75, 3.05) is 11.9 Å². The number of hydrogen-bond donors (Lipinski definition) is 2. The zero-order valence-corrected chi connectivity index (χ0v) is 12.3. The van der Waals surface area contributed by atoms with Crippen molar-refractivity contribution in [2.24, 2.45) is 5.73 Å². The number of rotatable bonds is 3. The van der Waals surface area contributed by atoms with E-state index in [1.807, 2.05) is 25.1 Å². The Kier molecular flexibility index (Phi) is 4.01.